The number of hydrogen-bond acceptors (Lipinski definition) is 5. The second-order valence-corrected chi connectivity index (χ2v) is 8.24. The van der Waals surface area contributed by atoms with Gasteiger partial charge >= 0.3 is 0 Å². The van der Waals surface area contributed by atoms with Crippen LogP contribution in [0.2, 0.25) is 5.02 Å². The summed E-state index contributed by atoms with van der Waals surface area (Å²) in [6, 6.07) is 8.37. The Labute approximate surface area is 149 Å². The molecule has 0 saturated heterocycles. The zero-order chi connectivity index (χ0) is 17.7. The number of hydrogen-bond donors (Lipinski definition) is 1. The minimum atomic E-state index is -3.67. The number of benzene rings is 1. The summed E-state index contributed by atoms with van der Waals surface area (Å²) in [6.07, 6.45) is 2.54. The average Bonchev–Trinajstić information content (AvgIpc) is 2.90. The lowest BCUT2D eigenvalue weighted by atomic mass is 10.3. The first-order valence-electron chi connectivity index (χ1n) is 6.87. The minimum Gasteiger partial charge on any atom is -0.271 e. The number of para-hydroxylation sites is 1. The van der Waals surface area contributed by atoms with Crippen LogP contribution in [0.4, 0.5) is 5.69 Å². The van der Waals surface area contributed by atoms with Crippen LogP contribution in [-0.2, 0) is 14.8 Å². The Hall–Kier alpha value is -1.90. The fourth-order valence-corrected chi connectivity index (χ4v) is 3.82. The molecule has 0 fully saturated rings. The van der Waals surface area contributed by atoms with Crippen molar-refractivity contribution in [3.05, 3.63) is 51.2 Å². The van der Waals surface area contributed by atoms with Gasteiger partial charge in [0.15, 0.2) is 0 Å². The largest absolute Gasteiger partial charge is 0.271 e. The van der Waals surface area contributed by atoms with Gasteiger partial charge in [0.25, 0.3) is 5.91 Å². The van der Waals surface area contributed by atoms with Crippen LogP contribution in [0.3, 0.4) is 0 Å². The summed E-state index contributed by atoms with van der Waals surface area (Å²) in [4.78, 5) is 12.9. The molecule has 9 heteroatoms. The van der Waals surface area contributed by atoms with Gasteiger partial charge in [0.05, 0.1) is 23.2 Å². The molecule has 1 aromatic heterocycles. The molecule has 1 N–H and O–H groups in total. The number of anilines is 1. The molecule has 0 aliphatic rings. The van der Waals surface area contributed by atoms with E-state index in [2.05, 4.69) is 10.5 Å². The Kier molecular flexibility index (Phi) is 5.98. The Bertz CT molecular complexity index is 862. The summed E-state index contributed by atoms with van der Waals surface area (Å²) >= 11 is 7.53. The van der Waals surface area contributed by atoms with Crippen LogP contribution >= 0.6 is 22.9 Å². The van der Waals surface area contributed by atoms with Crippen molar-refractivity contribution < 1.29 is 13.2 Å². The van der Waals surface area contributed by atoms with E-state index in [9.17, 15) is 13.2 Å². The third-order valence-electron chi connectivity index (χ3n) is 3.08. The van der Waals surface area contributed by atoms with Gasteiger partial charge in [-0.25, -0.2) is 13.8 Å². The third-order valence-corrected chi connectivity index (χ3v) is 5.48. The average molecular weight is 386 g/mol. The van der Waals surface area contributed by atoms with E-state index in [0.717, 1.165) is 21.0 Å². The van der Waals surface area contributed by atoms with Crippen molar-refractivity contribution in [2.75, 3.05) is 17.1 Å². The van der Waals surface area contributed by atoms with E-state index in [1.165, 1.54) is 23.6 Å². The number of nitrogens with one attached hydrogen (secondary N) is 1. The molecule has 6 nitrogen and oxygen atoms in total. The molecule has 0 bridgehead atoms. The molecule has 2 aromatic rings. The number of carbonyl (C=O) groups excluding carboxylic acids is 1. The molecule has 0 radical (unpaired) electrons. The number of carbonyl (C=O) groups is 1. The number of thiophene rings is 1. The highest BCUT2D eigenvalue weighted by molar-refractivity contribution is 7.92. The molecule has 24 heavy (non-hydrogen) atoms. The third kappa shape index (κ3) is 4.80. The van der Waals surface area contributed by atoms with Crippen LogP contribution in [0.25, 0.3) is 0 Å². The maximum Gasteiger partial charge on any atom is 0.260 e. The number of rotatable bonds is 6. The Balaban J connectivity index is 2.10. The van der Waals surface area contributed by atoms with E-state index < -0.39 is 22.5 Å². The fraction of sp³-hybridized carbons (Fsp3) is 0.200. The predicted molar refractivity (Wildman–Crippen MR) is 98.4 cm³/mol. The van der Waals surface area contributed by atoms with E-state index in [1.807, 2.05) is 18.4 Å². The smallest absolute Gasteiger partial charge is 0.260 e. The van der Waals surface area contributed by atoms with Gasteiger partial charge in [-0.3, -0.25) is 9.10 Å². The molecule has 1 aromatic carbocycles. The van der Waals surface area contributed by atoms with Gasteiger partial charge in [-0.2, -0.15) is 5.10 Å². The Morgan fingerprint density at radius 2 is 2.08 bits per heavy atom. The molecule has 0 saturated carbocycles. The Morgan fingerprint density at radius 1 is 1.38 bits per heavy atom. The number of sulfonamides is 1. The summed E-state index contributed by atoms with van der Waals surface area (Å²) in [7, 11) is -3.67. The van der Waals surface area contributed by atoms with Crippen molar-refractivity contribution in [3.63, 3.8) is 0 Å². The van der Waals surface area contributed by atoms with E-state index in [1.54, 1.807) is 18.2 Å². The molecular weight excluding hydrogens is 370 g/mol. The van der Waals surface area contributed by atoms with Gasteiger partial charge in [-0.05, 0) is 36.1 Å². The van der Waals surface area contributed by atoms with Gasteiger partial charge in [-0.15, -0.1) is 11.3 Å². The standard InChI is InChI=1S/C15H16ClN3O3S2/c1-11-7-8-23-14(11)9-17-18-15(20)10-19(24(2,21)22)13-6-4-3-5-12(13)16/h3-9H,10H2,1-2H3,(H,18,20)/b17-9+. The lowest BCUT2D eigenvalue weighted by molar-refractivity contribution is -0.119. The summed E-state index contributed by atoms with van der Waals surface area (Å²) in [5.74, 6) is -0.564. The highest BCUT2D eigenvalue weighted by atomic mass is 35.5. The van der Waals surface area contributed by atoms with Gasteiger partial charge in [-0.1, -0.05) is 23.7 Å². The SMILES string of the molecule is Cc1ccsc1/C=N/NC(=O)CN(c1ccccc1Cl)S(C)(=O)=O. The number of amides is 1. The lowest BCUT2D eigenvalue weighted by Crippen LogP contribution is -2.39. The van der Waals surface area contributed by atoms with E-state index in [-0.39, 0.29) is 10.7 Å². The highest BCUT2D eigenvalue weighted by Crippen LogP contribution is 2.26. The minimum absolute atomic E-state index is 0.244. The fourth-order valence-electron chi connectivity index (χ4n) is 1.88. The van der Waals surface area contributed by atoms with Crippen molar-refractivity contribution >= 4 is 50.8 Å². The molecule has 0 atom stereocenters. The van der Waals surface area contributed by atoms with Gasteiger partial charge in [0.1, 0.15) is 6.54 Å². The van der Waals surface area contributed by atoms with E-state index in [0.29, 0.717) is 0 Å². The van der Waals surface area contributed by atoms with E-state index in [4.69, 9.17) is 11.6 Å². The molecule has 0 aliphatic carbocycles. The lowest BCUT2D eigenvalue weighted by Gasteiger charge is -2.22. The van der Waals surface area contributed by atoms with Gasteiger partial charge in [0, 0.05) is 4.88 Å². The maximum atomic E-state index is 12.0. The van der Waals surface area contributed by atoms with Crippen molar-refractivity contribution in [3.8, 4) is 0 Å². The number of hydrazone groups is 1. The molecule has 0 unspecified atom stereocenters. The monoisotopic (exact) mass is 385 g/mol. The normalized spacial score (nSPS) is 11.6. The van der Waals surface area contributed by atoms with Crippen LogP contribution < -0.4 is 9.73 Å². The van der Waals surface area contributed by atoms with E-state index >= 15 is 0 Å². The number of halogens is 1. The molecule has 1 amide bonds. The first kappa shape index (κ1) is 18.4. The molecule has 128 valence electrons. The van der Waals surface area contributed by atoms with Crippen molar-refractivity contribution in [2.45, 2.75) is 6.92 Å². The van der Waals surface area contributed by atoms with Gasteiger partial charge in [0.2, 0.25) is 10.0 Å². The zero-order valence-corrected chi connectivity index (χ0v) is 15.5. The first-order chi connectivity index (χ1) is 11.3. The highest BCUT2D eigenvalue weighted by Gasteiger charge is 2.22. The zero-order valence-electron chi connectivity index (χ0n) is 13.1. The second kappa shape index (κ2) is 7.78. The summed E-state index contributed by atoms with van der Waals surface area (Å²) in [6.45, 7) is 1.52. The van der Waals surface area contributed by atoms with Crippen LogP contribution in [0.15, 0.2) is 40.8 Å². The summed E-state index contributed by atoms with van der Waals surface area (Å²) in [5, 5.41) is 6.02. The molecular formula is C15H16ClN3O3S2. The van der Waals surface area contributed by atoms with Crippen molar-refractivity contribution in [2.24, 2.45) is 5.10 Å². The van der Waals surface area contributed by atoms with Crippen LogP contribution in [0, 0.1) is 6.92 Å². The number of nitrogens with zero attached hydrogens (tertiary/aromatic N) is 2. The predicted octanol–water partition coefficient (Wildman–Crippen LogP) is 2.63. The summed E-state index contributed by atoms with van der Waals surface area (Å²) < 4.78 is 24.9. The topological polar surface area (TPSA) is 78.8 Å². The maximum absolute atomic E-state index is 12.0. The van der Waals surface area contributed by atoms with Crippen LogP contribution in [0.1, 0.15) is 10.4 Å². The van der Waals surface area contributed by atoms with Crippen molar-refractivity contribution in [1.29, 1.82) is 0 Å². The van der Waals surface area contributed by atoms with Gasteiger partial charge < -0.3 is 0 Å². The molecule has 2 rings (SSSR count). The summed E-state index contributed by atoms with van der Waals surface area (Å²) in [5.41, 5.74) is 3.62. The first-order valence-corrected chi connectivity index (χ1v) is 9.98. The van der Waals surface area contributed by atoms with Crippen LogP contribution in [0.5, 0.6) is 0 Å². The Morgan fingerprint density at radius 3 is 2.67 bits per heavy atom. The molecule has 1 heterocycles. The molecule has 0 aliphatic heterocycles. The number of aryl methyl sites for hydroxylation is 1. The quantitative estimate of drug-likeness (QED) is 0.613. The second-order valence-electron chi connectivity index (χ2n) is 4.98. The van der Waals surface area contributed by atoms with Crippen molar-refractivity contribution in [1.82, 2.24) is 5.43 Å². The molecule has 0 spiro atoms. The van der Waals surface area contributed by atoms with Crippen LogP contribution in [-0.4, -0.2) is 33.3 Å².